The van der Waals surface area contributed by atoms with Gasteiger partial charge in [-0.25, -0.2) is 9.78 Å². The summed E-state index contributed by atoms with van der Waals surface area (Å²) in [5, 5.41) is 1.87. The van der Waals surface area contributed by atoms with Crippen LogP contribution in [0.15, 0.2) is 54.7 Å². The third kappa shape index (κ3) is 3.57. The predicted octanol–water partition coefficient (Wildman–Crippen LogP) is 4.34. The summed E-state index contributed by atoms with van der Waals surface area (Å²) in [6.07, 6.45) is 3.56. The van der Waals surface area contributed by atoms with Gasteiger partial charge in [0.2, 0.25) is 0 Å². The first-order valence-corrected chi connectivity index (χ1v) is 10.9. The van der Waals surface area contributed by atoms with E-state index in [9.17, 15) is 9.59 Å². The van der Waals surface area contributed by atoms with E-state index >= 15 is 0 Å². The van der Waals surface area contributed by atoms with Gasteiger partial charge in [0.25, 0.3) is 5.91 Å². The average molecular weight is 420 g/mol. The Bertz CT molecular complexity index is 1200. The molecule has 1 atom stereocenters. The van der Waals surface area contributed by atoms with Crippen molar-refractivity contribution in [1.82, 2.24) is 14.9 Å². The third-order valence-corrected chi connectivity index (χ3v) is 6.77. The summed E-state index contributed by atoms with van der Waals surface area (Å²) in [4.78, 5) is 34.8. The fourth-order valence-corrected chi connectivity index (χ4v) is 5.10. The maximum Gasteiger partial charge on any atom is 0.340 e. The van der Waals surface area contributed by atoms with Crippen LogP contribution in [-0.4, -0.2) is 46.4 Å². The summed E-state index contributed by atoms with van der Waals surface area (Å²) in [5.74, 6) is -0.418. The SMILES string of the molecule is O=C(OCC(=O)N1CCC[C@@H](c2nc3ccccc3s2)C1)c1c[nH]c2ccccc12. The lowest BCUT2D eigenvalue weighted by molar-refractivity contribution is -0.135. The number of carbonyl (C=O) groups is 2. The lowest BCUT2D eigenvalue weighted by Gasteiger charge is -2.31. The Morgan fingerprint density at radius 1 is 1.17 bits per heavy atom. The monoisotopic (exact) mass is 419 g/mol. The fraction of sp³-hybridized carbons (Fsp3) is 0.261. The summed E-state index contributed by atoms with van der Waals surface area (Å²) >= 11 is 1.70. The first kappa shape index (κ1) is 18.8. The van der Waals surface area contributed by atoms with Crippen LogP contribution >= 0.6 is 11.3 Å². The highest BCUT2D eigenvalue weighted by Gasteiger charge is 2.27. The first-order chi connectivity index (χ1) is 14.7. The number of benzene rings is 2. The number of H-pyrrole nitrogens is 1. The Kier molecular flexibility index (Phi) is 4.96. The number of esters is 1. The molecular formula is C23H21N3O3S. The number of aromatic amines is 1. The molecule has 1 N–H and O–H groups in total. The Balaban J connectivity index is 1.23. The molecule has 1 amide bonds. The molecule has 0 unspecified atom stereocenters. The number of fused-ring (bicyclic) bond motifs is 2. The number of para-hydroxylation sites is 2. The van der Waals surface area contributed by atoms with E-state index in [0.29, 0.717) is 18.7 Å². The molecule has 0 radical (unpaired) electrons. The number of hydrogen-bond acceptors (Lipinski definition) is 5. The molecule has 0 saturated carbocycles. The maximum absolute atomic E-state index is 12.7. The van der Waals surface area contributed by atoms with Gasteiger partial charge in [-0.1, -0.05) is 30.3 Å². The van der Waals surface area contributed by atoms with E-state index in [1.165, 1.54) is 4.70 Å². The molecular weight excluding hydrogens is 398 g/mol. The number of nitrogens with one attached hydrogen (secondary N) is 1. The number of piperidine rings is 1. The molecule has 30 heavy (non-hydrogen) atoms. The largest absolute Gasteiger partial charge is 0.452 e. The van der Waals surface area contributed by atoms with Gasteiger partial charge in [0.1, 0.15) is 0 Å². The van der Waals surface area contributed by atoms with Crippen LogP contribution in [-0.2, 0) is 9.53 Å². The number of hydrogen-bond donors (Lipinski definition) is 1. The van der Waals surface area contributed by atoms with E-state index in [-0.39, 0.29) is 18.4 Å². The standard InChI is InChI=1S/C23H21N3O3S/c27-21(14-29-23(28)17-12-24-18-8-2-1-7-16(17)18)26-11-5-6-15(13-26)22-25-19-9-3-4-10-20(19)30-22/h1-4,7-10,12,15,24H,5-6,11,13-14H2/t15-/m1/s1. The second kappa shape index (κ2) is 7.91. The number of aromatic nitrogens is 2. The molecule has 0 spiro atoms. The summed E-state index contributed by atoms with van der Waals surface area (Å²) in [6, 6.07) is 15.6. The van der Waals surface area contributed by atoms with E-state index in [1.54, 1.807) is 22.4 Å². The molecule has 5 rings (SSSR count). The van der Waals surface area contributed by atoms with Gasteiger partial charge in [-0.15, -0.1) is 11.3 Å². The van der Waals surface area contributed by atoms with Gasteiger partial charge >= 0.3 is 5.97 Å². The molecule has 2 aromatic carbocycles. The summed E-state index contributed by atoms with van der Waals surface area (Å²) in [5.41, 5.74) is 2.32. The average Bonchev–Trinajstić information content (AvgIpc) is 3.42. The molecule has 4 aromatic rings. The highest BCUT2D eigenvalue weighted by Crippen LogP contribution is 2.33. The van der Waals surface area contributed by atoms with Crippen LogP contribution in [0.4, 0.5) is 0 Å². The minimum atomic E-state index is -0.486. The number of likely N-dealkylation sites (tertiary alicyclic amines) is 1. The quantitative estimate of drug-likeness (QED) is 0.499. The molecule has 1 saturated heterocycles. The van der Waals surface area contributed by atoms with Gasteiger partial charge in [-0.2, -0.15) is 0 Å². The van der Waals surface area contributed by atoms with Crippen molar-refractivity contribution in [2.24, 2.45) is 0 Å². The molecule has 0 aliphatic carbocycles. The molecule has 6 nitrogen and oxygen atoms in total. The lowest BCUT2D eigenvalue weighted by atomic mass is 9.99. The zero-order valence-electron chi connectivity index (χ0n) is 16.3. The Hall–Kier alpha value is -3.19. The first-order valence-electron chi connectivity index (χ1n) is 10.1. The smallest absolute Gasteiger partial charge is 0.340 e. The van der Waals surface area contributed by atoms with Crippen LogP contribution < -0.4 is 0 Å². The van der Waals surface area contributed by atoms with Crippen molar-refractivity contribution in [3.63, 3.8) is 0 Å². The van der Waals surface area contributed by atoms with Gasteiger partial charge in [0.05, 0.1) is 20.8 Å². The van der Waals surface area contributed by atoms with Crippen molar-refractivity contribution in [2.75, 3.05) is 19.7 Å². The zero-order valence-corrected chi connectivity index (χ0v) is 17.2. The number of rotatable bonds is 4. The fourth-order valence-electron chi connectivity index (χ4n) is 4.01. The second-order valence-corrected chi connectivity index (χ2v) is 8.59. The summed E-state index contributed by atoms with van der Waals surface area (Å²) in [7, 11) is 0. The van der Waals surface area contributed by atoms with Gasteiger partial charge in [-0.3, -0.25) is 4.79 Å². The van der Waals surface area contributed by atoms with Crippen LogP contribution in [0.2, 0.25) is 0 Å². The molecule has 2 aromatic heterocycles. The Morgan fingerprint density at radius 3 is 2.90 bits per heavy atom. The van der Waals surface area contributed by atoms with Gasteiger partial charge in [0, 0.05) is 36.1 Å². The van der Waals surface area contributed by atoms with Crippen LogP contribution in [0.1, 0.15) is 34.1 Å². The topological polar surface area (TPSA) is 75.3 Å². The Morgan fingerprint density at radius 2 is 2.00 bits per heavy atom. The number of amides is 1. The van der Waals surface area contributed by atoms with E-state index < -0.39 is 5.97 Å². The van der Waals surface area contributed by atoms with E-state index in [4.69, 9.17) is 9.72 Å². The molecule has 1 fully saturated rings. The summed E-state index contributed by atoms with van der Waals surface area (Å²) < 4.78 is 6.51. The van der Waals surface area contributed by atoms with Crippen LogP contribution in [0.3, 0.4) is 0 Å². The van der Waals surface area contributed by atoms with E-state index in [2.05, 4.69) is 11.1 Å². The van der Waals surface area contributed by atoms with Gasteiger partial charge in [-0.05, 0) is 31.0 Å². The van der Waals surface area contributed by atoms with Crippen LogP contribution in [0.5, 0.6) is 0 Å². The number of ether oxygens (including phenoxy) is 1. The van der Waals surface area contributed by atoms with Crippen molar-refractivity contribution in [1.29, 1.82) is 0 Å². The molecule has 152 valence electrons. The minimum Gasteiger partial charge on any atom is -0.452 e. The Labute approximate surface area is 177 Å². The van der Waals surface area contributed by atoms with Crippen LogP contribution in [0, 0.1) is 0 Å². The predicted molar refractivity (Wildman–Crippen MR) is 117 cm³/mol. The number of thiazole rings is 1. The third-order valence-electron chi connectivity index (χ3n) is 5.57. The highest BCUT2D eigenvalue weighted by atomic mass is 32.1. The van der Waals surface area contributed by atoms with Crippen LogP contribution in [0.25, 0.3) is 21.1 Å². The normalized spacial score (nSPS) is 16.8. The lowest BCUT2D eigenvalue weighted by Crippen LogP contribution is -2.41. The minimum absolute atomic E-state index is 0.158. The molecule has 0 bridgehead atoms. The van der Waals surface area contributed by atoms with Crippen molar-refractivity contribution < 1.29 is 14.3 Å². The molecule has 7 heteroatoms. The number of nitrogens with zero attached hydrogens (tertiary/aromatic N) is 2. The second-order valence-electron chi connectivity index (χ2n) is 7.52. The zero-order chi connectivity index (χ0) is 20.5. The van der Waals surface area contributed by atoms with Crippen molar-refractivity contribution in [2.45, 2.75) is 18.8 Å². The number of carbonyl (C=O) groups excluding carboxylic acids is 2. The molecule has 1 aliphatic heterocycles. The van der Waals surface area contributed by atoms with E-state index in [0.717, 1.165) is 34.3 Å². The summed E-state index contributed by atoms with van der Waals surface area (Å²) in [6.45, 7) is 1.05. The maximum atomic E-state index is 12.7. The van der Waals surface area contributed by atoms with Gasteiger partial charge in [0.15, 0.2) is 6.61 Å². The van der Waals surface area contributed by atoms with Gasteiger partial charge < -0.3 is 14.6 Å². The molecule has 1 aliphatic rings. The van der Waals surface area contributed by atoms with E-state index in [1.807, 2.05) is 42.5 Å². The van der Waals surface area contributed by atoms with Crippen molar-refractivity contribution in [3.05, 3.63) is 65.3 Å². The van der Waals surface area contributed by atoms with Crippen molar-refractivity contribution in [3.8, 4) is 0 Å². The molecule has 3 heterocycles. The highest BCUT2D eigenvalue weighted by molar-refractivity contribution is 7.18. The van der Waals surface area contributed by atoms with Crippen molar-refractivity contribution >= 4 is 44.3 Å².